The summed E-state index contributed by atoms with van der Waals surface area (Å²) in [4.78, 5) is 8.82. The van der Waals surface area contributed by atoms with Crippen molar-refractivity contribution in [1.82, 2.24) is 19.7 Å². The lowest BCUT2D eigenvalue weighted by Crippen LogP contribution is -1.98. The van der Waals surface area contributed by atoms with Crippen molar-refractivity contribution in [3.63, 3.8) is 0 Å². The minimum Gasteiger partial charge on any atom is -0.472 e. The van der Waals surface area contributed by atoms with Gasteiger partial charge in [0.2, 0.25) is 11.7 Å². The Labute approximate surface area is 126 Å². The zero-order valence-corrected chi connectivity index (χ0v) is 12.3. The van der Waals surface area contributed by atoms with Crippen LogP contribution in [-0.4, -0.2) is 19.7 Å². The van der Waals surface area contributed by atoms with Crippen LogP contribution >= 0.6 is 0 Å². The smallest absolute Gasteiger partial charge is 0.246 e. The maximum absolute atomic E-state index is 5.31. The highest BCUT2D eigenvalue weighted by atomic mass is 16.5. The summed E-state index contributed by atoms with van der Waals surface area (Å²) in [6.07, 6.45) is 4.97. The number of furan rings is 1. The highest BCUT2D eigenvalue weighted by Gasteiger charge is 2.12. The standard InChI is InChI=1S/C16H14N4O2/c1-10-5-13-14(6-11(10)2)20(9-17-13)7-15-18-16(19-22-15)12-3-4-21-8-12/h3-6,8-9H,7H2,1-2H3. The maximum Gasteiger partial charge on any atom is 0.246 e. The molecule has 0 radical (unpaired) electrons. The number of nitrogens with zero attached hydrogens (tertiary/aromatic N) is 4. The van der Waals surface area contributed by atoms with Crippen molar-refractivity contribution in [3.05, 3.63) is 54.1 Å². The summed E-state index contributed by atoms with van der Waals surface area (Å²) in [6.45, 7) is 4.67. The lowest BCUT2D eigenvalue weighted by Gasteiger charge is -2.03. The first-order valence-corrected chi connectivity index (χ1v) is 6.98. The molecule has 4 rings (SSSR count). The summed E-state index contributed by atoms with van der Waals surface area (Å²) in [5.41, 5.74) is 5.30. The summed E-state index contributed by atoms with van der Waals surface area (Å²) in [7, 11) is 0. The van der Waals surface area contributed by atoms with E-state index in [1.165, 1.54) is 11.1 Å². The van der Waals surface area contributed by atoms with Crippen molar-refractivity contribution in [2.45, 2.75) is 20.4 Å². The number of rotatable bonds is 3. The van der Waals surface area contributed by atoms with E-state index in [2.05, 4.69) is 41.1 Å². The summed E-state index contributed by atoms with van der Waals surface area (Å²) >= 11 is 0. The molecule has 0 saturated carbocycles. The van der Waals surface area contributed by atoms with Gasteiger partial charge in [-0.15, -0.1) is 0 Å². The van der Waals surface area contributed by atoms with Gasteiger partial charge in [-0.1, -0.05) is 5.16 Å². The Morgan fingerprint density at radius 2 is 2.05 bits per heavy atom. The molecule has 3 aromatic heterocycles. The van der Waals surface area contributed by atoms with Crippen LogP contribution in [0.5, 0.6) is 0 Å². The molecule has 0 fully saturated rings. The Morgan fingerprint density at radius 1 is 1.18 bits per heavy atom. The molecule has 110 valence electrons. The molecule has 0 saturated heterocycles. The second kappa shape index (κ2) is 4.84. The van der Waals surface area contributed by atoms with Gasteiger partial charge in [-0.25, -0.2) is 4.98 Å². The molecule has 0 aliphatic rings. The van der Waals surface area contributed by atoms with Gasteiger partial charge < -0.3 is 13.5 Å². The number of hydrogen-bond acceptors (Lipinski definition) is 5. The number of benzene rings is 1. The van der Waals surface area contributed by atoms with E-state index in [1.807, 2.05) is 4.57 Å². The quantitative estimate of drug-likeness (QED) is 0.579. The Kier molecular flexibility index (Phi) is 2.82. The molecule has 6 nitrogen and oxygen atoms in total. The molecule has 6 heteroatoms. The van der Waals surface area contributed by atoms with Gasteiger partial charge in [0.15, 0.2) is 0 Å². The van der Waals surface area contributed by atoms with Gasteiger partial charge in [0.1, 0.15) is 12.8 Å². The fourth-order valence-electron chi connectivity index (χ4n) is 2.41. The van der Waals surface area contributed by atoms with Crippen molar-refractivity contribution >= 4 is 11.0 Å². The van der Waals surface area contributed by atoms with Crippen molar-refractivity contribution in [3.8, 4) is 11.4 Å². The molecule has 1 aromatic carbocycles. The zero-order chi connectivity index (χ0) is 15.1. The minimum absolute atomic E-state index is 0.490. The fourth-order valence-corrected chi connectivity index (χ4v) is 2.41. The number of hydrogen-bond donors (Lipinski definition) is 0. The van der Waals surface area contributed by atoms with Crippen molar-refractivity contribution < 1.29 is 8.94 Å². The van der Waals surface area contributed by atoms with E-state index in [1.54, 1.807) is 24.9 Å². The predicted octanol–water partition coefficient (Wildman–Crippen LogP) is 3.34. The maximum atomic E-state index is 5.31. The Morgan fingerprint density at radius 3 is 2.86 bits per heavy atom. The molecule has 0 N–H and O–H groups in total. The van der Waals surface area contributed by atoms with Crippen LogP contribution in [0.4, 0.5) is 0 Å². The third-order valence-electron chi connectivity index (χ3n) is 3.79. The van der Waals surface area contributed by atoms with Gasteiger partial charge in [-0.05, 0) is 43.2 Å². The van der Waals surface area contributed by atoms with Gasteiger partial charge in [0.25, 0.3) is 0 Å². The van der Waals surface area contributed by atoms with E-state index in [0.717, 1.165) is 16.6 Å². The molecule has 0 atom stereocenters. The van der Waals surface area contributed by atoms with Crippen molar-refractivity contribution in [2.24, 2.45) is 0 Å². The molecule has 0 spiro atoms. The van der Waals surface area contributed by atoms with E-state index < -0.39 is 0 Å². The molecule has 3 heterocycles. The first-order chi connectivity index (χ1) is 10.7. The number of aromatic nitrogens is 4. The van der Waals surface area contributed by atoms with E-state index in [9.17, 15) is 0 Å². The number of imidazole rings is 1. The molecular weight excluding hydrogens is 280 g/mol. The van der Waals surface area contributed by atoms with Gasteiger partial charge in [-0.2, -0.15) is 4.98 Å². The normalized spacial score (nSPS) is 11.4. The third-order valence-corrected chi connectivity index (χ3v) is 3.79. The molecule has 0 aliphatic heterocycles. The first-order valence-electron chi connectivity index (χ1n) is 6.98. The molecule has 0 amide bonds. The van der Waals surface area contributed by atoms with Gasteiger partial charge in [0, 0.05) is 0 Å². The average molecular weight is 294 g/mol. The summed E-state index contributed by atoms with van der Waals surface area (Å²) in [5.74, 6) is 1.06. The average Bonchev–Trinajstić information content (AvgIpc) is 3.22. The van der Waals surface area contributed by atoms with Crippen LogP contribution in [0.15, 0.2) is 46.0 Å². The van der Waals surface area contributed by atoms with E-state index in [0.29, 0.717) is 18.3 Å². The van der Waals surface area contributed by atoms with Gasteiger partial charge in [0.05, 0.1) is 29.2 Å². The summed E-state index contributed by atoms with van der Waals surface area (Å²) in [5, 5.41) is 3.97. The Balaban J connectivity index is 1.68. The van der Waals surface area contributed by atoms with E-state index in [-0.39, 0.29) is 0 Å². The van der Waals surface area contributed by atoms with Gasteiger partial charge >= 0.3 is 0 Å². The molecule has 0 unspecified atom stereocenters. The predicted molar refractivity (Wildman–Crippen MR) is 80.3 cm³/mol. The SMILES string of the molecule is Cc1cc2ncn(Cc3nc(-c4ccoc4)no3)c2cc1C. The second-order valence-corrected chi connectivity index (χ2v) is 5.32. The monoisotopic (exact) mass is 294 g/mol. The summed E-state index contributed by atoms with van der Waals surface area (Å²) in [6, 6.07) is 6.02. The van der Waals surface area contributed by atoms with Crippen LogP contribution in [0.25, 0.3) is 22.4 Å². The molecule has 0 bridgehead atoms. The van der Waals surface area contributed by atoms with Crippen molar-refractivity contribution in [1.29, 1.82) is 0 Å². The molecule has 4 aromatic rings. The van der Waals surface area contributed by atoms with Crippen LogP contribution < -0.4 is 0 Å². The van der Waals surface area contributed by atoms with Gasteiger partial charge in [-0.3, -0.25) is 0 Å². The summed E-state index contributed by atoms with van der Waals surface area (Å²) < 4.78 is 12.4. The van der Waals surface area contributed by atoms with Crippen LogP contribution in [0, 0.1) is 13.8 Å². The highest BCUT2D eigenvalue weighted by molar-refractivity contribution is 5.77. The third kappa shape index (κ3) is 2.09. The van der Waals surface area contributed by atoms with Crippen LogP contribution in [0.3, 0.4) is 0 Å². The van der Waals surface area contributed by atoms with Crippen molar-refractivity contribution in [2.75, 3.05) is 0 Å². The highest BCUT2D eigenvalue weighted by Crippen LogP contribution is 2.20. The number of aryl methyl sites for hydroxylation is 2. The fraction of sp³-hybridized carbons (Fsp3) is 0.188. The Bertz CT molecular complexity index is 935. The van der Waals surface area contributed by atoms with Crippen LogP contribution in [0.1, 0.15) is 17.0 Å². The minimum atomic E-state index is 0.490. The van der Waals surface area contributed by atoms with Crippen LogP contribution in [-0.2, 0) is 6.54 Å². The molecule has 0 aliphatic carbocycles. The van der Waals surface area contributed by atoms with E-state index in [4.69, 9.17) is 8.94 Å². The molecular formula is C16H14N4O2. The molecule has 22 heavy (non-hydrogen) atoms. The largest absolute Gasteiger partial charge is 0.472 e. The second-order valence-electron chi connectivity index (χ2n) is 5.32. The lowest BCUT2D eigenvalue weighted by molar-refractivity contribution is 0.372. The topological polar surface area (TPSA) is 69.9 Å². The van der Waals surface area contributed by atoms with E-state index >= 15 is 0 Å². The first kappa shape index (κ1) is 12.8. The van der Waals surface area contributed by atoms with Crippen LogP contribution in [0.2, 0.25) is 0 Å². The zero-order valence-electron chi connectivity index (χ0n) is 12.3. The number of fused-ring (bicyclic) bond motifs is 1. The Hall–Kier alpha value is -2.89. The lowest BCUT2D eigenvalue weighted by atomic mass is 10.1.